The number of nitrogens with one attached hydrogen (secondary N) is 4. The Bertz CT molecular complexity index is 1660. The largest absolute Gasteiger partial charge is 0.347 e. The Kier molecular flexibility index (Phi) is 14.0. The Hall–Kier alpha value is -3.90. The van der Waals surface area contributed by atoms with Gasteiger partial charge in [-0.3, -0.25) is 33.8 Å². The average molecular weight is 804 g/mol. The molecular formula is C45H69N7O6. The van der Waals surface area contributed by atoms with E-state index < -0.39 is 64.9 Å². The second-order valence-corrected chi connectivity index (χ2v) is 19.7. The Balaban J connectivity index is 1.07. The van der Waals surface area contributed by atoms with Gasteiger partial charge in [0.15, 0.2) is 0 Å². The van der Waals surface area contributed by atoms with E-state index in [9.17, 15) is 28.8 Å². The zero-order valence-corrected chi connectivity index (χ0v) is 35.9. The normalized spacial score (nSPS) is 28.0. The van der Waals surface area contributed by atoms with Crippen LogP contribution in [0.4, 0.5) is 0 Å². The van der Waals surface area contributed by atoms with Gasteiger partial charge in [-0.15, -0.1) is 0 Å². The van der Waals surface area contributed by atoms with Crippen molar-refractivity contribution < 1.29 is 28.8 Å². The van der Waals surface area contributed by atoms with Crippen molar-refractivity contribution >= 4 is 35.3 Å². The topological polar surface area (TPSA) is 180 Å². The SMILES string of the molecule is CCC[C@H](NC(=O)[C@@H]1[C@H]2CCC[C@H]2CN1C(=O)[C@@H](NC(=O)[C@H](C)NC(=O)c1cnc(C2(C)CCC(C3CCCCCC3)CC2)cn1)C(C)(C)C)C(=O)C(=O)NC1CC1. The first-order valence-corrected chi connectivity index (χ1v) is 22.5. The lowest BCUT2D eigenvalue weighted by Gasteiger charge is -2.39. The number of hydrogen-bond acceptors (Lipinski definition) is 8. The van der Waals surface area contributed by atoms with E-state index in [1.807, 2.05) is 27.7 Å². The monoisotopic (exact) mass is 804 g/mol. The third-order valence-corrected chi connectivity index (χ3v) is 14.1. The van der Waals surface area contributed by atoms with Gasteiger partial charge in [0.25, 0.3) is 11.8 Å². The number of ketones is 1. The molecule has 58 heavy (non-hydrogen) atoms. The number of rotatable bonds is 14. The lowest BCUT2D eigenvalue weighted by atomic mass is 9.66. The third kappa shape index (κ3) is 10.3. The second kappa shape index (κ2) is 18.6. The highest BCUT2D eigenvalue weighted by atomic mass is 16.2. The van der Waals surface area contributed by atoms with E-state index in [-0.39, 0.29) is 29.0 Å². The number of hydrogen-bond donors (Lipinski definition) is 4. The number of fused-ring (bicyclic) bond motifs is 1. The van der Waals surface area contributed by atoms with Gasteiger partial charge in [0, 0.05) is 24.2 Å². The van der Waals surface area contributed by atoms with Gasteiger partial charge < -0.3 is 26.2 Å². The molecule has 0 bridgehead atoms. The fourth-order valence-electron chi connectivity index (χ4n) is 10.3. The lowest BCUT2D eigenvalue weighted by Crippen LogP contribution is -2.61. The number of nitrogens with zero attached hydrogens (tertiary/aromatic N) is 3. The second-order valence-electron chi connectivity index (χ2n) is 19.7. The zero-order chi connectivity index (χ0) is 41.8. The van der Waals surface area contributed by atoms with Crippen LogP contribution in [0, 0.1) is 29.1 Å². The van der Waals surface area contributed by atoms with Crippen molar-refractivity contribution in [1.82, 2.24) is 36.1 Å². The van der Waals surface area contributed by atoms with Crippen molar-refractivity contribution in [1.29, 1.82) is 0 Å². The van der Waals surface area contributed by atoms with Gasteiger partial charge >= 0.3 is 0 Å². The molecule has 13 nitrogen and oxygen atoms in total. The molecular weight excluding hydrogens is 735 g/mol. The minimum Gasteiger partial charge on any atom is -0.347 e. The summed E-state index contributed by atoms with van der Waals surface area (Å²) in [5.74, 6) is -1.62. The van der Waals surface area contributed by atoms with Gasteiger partial charge in [-0.05, 0) is 93.8 Å². The van der Waals surface area contributed by atoms with Crippen LogP contribution in [0.25, 0.3) is 0 Å². The smallest absolute Gasteiger partial charge is 0.289 e. The molecule has 320 valence electrons. The molecule has 6 atom stereocenters. The zero-order valence-electron chi connectivity index (χ0n) is 35.9. The molecule has 0 spiro atoms. The van der Waals surface area contributed by atoms with Crippen molar-refractivity contribution in [2.75, 3.05) is 6.54 Å². The fraction of sp³-hybridized carbons (Fsp3) is 0.778. The third-order valence-electron chi connectivity index (χ3n) is 14.1. The quantitative estimate of drug-likeness (QED) is 0.145. The van der Waals surface area contributed by atoms with E-state index in [0.29, 0.717) is 19.4 Å². The maximum Gasteiger partial charge on any atom is 0.289 e. The Labute approximate surface area is 345 Å². The van der Waals surface area contributed by atoms with Crippen LogP contribution in [0.5, 0.6) is 0 Å². The van der Waals surface area contributed by atoms with Crippen LogP contribution in [0.3, 0.4) is 0 Å². The summed E-state index contributed by atoms with van der Waals surface area (Å²) in [5, 5.41) is 11.2. The number of likely N-dealkylation sites (tertiary alicyclic amines) is 1. The van der Waals surface area contributed by atoms with Crippen LogP contribution >= 0.6 is 0 Å². The van der Waals surface area contributed by atoms with Crippen molar-refractivity contribution in [3.05, 3.63) is 23.8 Å². The van der Waals surface area contributed by atoms with Crippen molar-refractivity contribution in [3.8, 4) is 0 Å². The summed E-state index contributed by atoms with van der Waals surface area (Å²) in [4.78, 5) is 92.2. The molecule has 1 aromatic heterocycles. The molecule has 2 heterocycles. The Morgan fingerprint density at radius 1 is 0.810 bits per heavy atom. The van der Waals surface area contributed by atoms with E-state index in [4.69, 9.17) is 4.98 Å². The van der Waals surface area contributed by atoms with E-state index >= 15 is 0 Å². The van der Waals surface area contributed by atoms with Crippen LogP contribution in [-0.2, 0) is 29.4 Å². The van der Waals surface area contributed by atoms with E-state index in [2.05, 4.69) is 33.2 Å². The standard InChI is InChI=1S/C45H69N7O6/c1-7-13-33(37(53)42(57)49-31-18-19-31)50-41(56)36-32-17-12-16-30(32)26-52(36)43(58)38(44(3,4)5)51-39(54)27(2)48-40(55)34-24-47-35(25-46-34)45(6)22-20-29(21-23-45)28-14-10-8-9-11-15-28/h24-25,27-33,36,38H,7-23,26H2,1-6H3,(H,48,55)(H,49,57)(H,50,56)(H,51,54)/t27-,29?,30-,32-,33-,36-,38+,45?/m0/s1. The summed E-state index contributed by atoms with van der Waals surface area (Å²) in [6.07, 6.45) is 21.0. The maximum atomic E-state index is 14.5. The molecule has 1 aromatic rings. The summed E-state index contributed by atoms with van der Waals surface area (Å²) < 4.78 is 0. The molecule has 5 aliphatic rings. The van der Waals surface area contributed by atoms with E-state index in [0.717, 1.165) is 62.5 Å². The number of Topliss-reactive ketones (excluding diaryl/α,β-unsaturated/α-hetero) is 1. The van der Waals surface area contributed by atoms with Crippen LogP contribution in [0.15, 0.2) is 12.4 Å². The van der Waals surface area contributed by atoms with Crippen molar-refractivity contribution in [3.63, 3.8) is 0 Å². The minimum absolute atomic E-state index is 0.0101. The highest BCUT2D eigenvalue weighted by molar-refractivity contribution is 6.38. The van der Waals surface area contributed by atoms with E-state index in [1.165, 1.54) is 57.6 Å². The maximum absolute atomic E-state index is 14.5. The highest BCUT2D eigenvalue weighted by Gasteiger charge is 2.52. The predicted molar refractivity (Wildman–Crippen MR) is 220 cm³/mol. The summed E-state index contributed by atoms with van der Waals surface area (Å²) in [6, 6.07) is -3.82. The van der Waals surface area contributed by atoms with Crippen LogP contribution in [0.2, 0.25) is 0 Å². The molecule has 4 N–H and O–H groups in total. The average Bonchev–Trinajstić information content (AvgIpc) is 3.86. The van der Waals surface area contributed by atoms with E-state index in [1.54, 1.807) is 18.0 Å². The number of amides is 5. The first-order chi connectivity index (χ1) is 27.6. The van der Waals surface area contributed by atoms with Gasteiger partial charge in [-0.1, -0.05) is 86.0 Å². The Morgan fingerprint density at radius 2 is 1.47 bits per heavy atom. The van der Waals surface area contributed by atoms with Crippen molar-refractivity contribution in [2.24, 2.45) is 29.1 Å². The molecule has 4 aliphatic carbocycles. The number of aromatic nitrogens is 2. The summed E-state index contributed by atoms with van der Waals surface area (Å²) in [5.41, 5.74) is 0.178. The van der Waals surface area contributed by atoms with Crippen LogP contribution < -0.4 is 21.3 Å². The molecule has 0 unspecified atom stereocenters. The summed E-state index contributed by atoms with van der Waals surface area (Å²) in [6.45, 7) is 11.6. The van der Waals surface area contributed by atoms with Crippen molar-refractivity contribution in [2.45, 2.75) is 186 Å². The minimum atomic E-state index is -1.01. The number of carbonyl (C=O) groups excluding carboxylic acids is 6. The van der Waals surface area contributed by atoms with Gasteiger partial charge in [-0.25, -0.2) is 4.98 Å². The lowest BCUT2D eigenvalue weighted by molar-refractivity contribution is -0.146. The Morgan fingerprint density at radius 3 is 2.07 bits per heavy atom. The predicted octanol–water partition coefficient (Wildman–Crippen LogP) is 5.30. The molecule has 5 amide bonds. The molecule has 0 radical (unpaired) electrons. The van der Waals surface area contributed by atoms with Gasteiger partial charge in [0.05, 0.1) is 17.9 Å². The number of carbonyl (C=O) groups is 6. The highest BCUT2D eigenvalue weighted by Crippen LogP contribution is 2.46. The fourth-order valence-corrected chi connectivity index (χ4v) is 10.3. The van der Waals surface area contributed by atoms with Gasteiger partial charge in [-0.2, -0.15) is 0 Å². The first-order valence-electron chi connectivity index (χ1n) is 22.5. The van der Waals surface area contributed by atoms with Crippen LogP contribution in [-0.4, -0.2) is 86.9 Å². The molecule has 1 saturated heterocycles. The molecule has 13 heteroatoms. The molecule has 5 fully saturated rings. The van der Waals surface area contributed by atoms with Gasteiger partial charge in [0.1, 0.15) is 23.8 Å². The first kappa shape index (κ1) is 43.7. The molecule has 6 rings (SSSR count). The molecule has 1 aliphatic heterocycles. The summed E-state index contributed by atoms with van der Waals surface area (Å²) in [7, 11) is 0. The molecule has 0 aromatic carbocycles. The van der Waals surface area contributed by atoms with Gasteiger partial charge in [0.2, 0.25) is 23.5 Å². The summed E-state index contributed by atoms with van der Waals surface area (Å²) >= 11 is 0. The molecule has 4 saturated carbocycles. The van der Waals surface area contributed by atoms with Crippen LogP contribution in [0.1, 0.15) is 167 Å².